The second-order valence-corrected chi connectivity index (χ2v) is 4.68. The highest BCUT2D eigenvalue weighted by atomic mass is 16.5. The summed E-state index contributed by atoms with van der Waals surface area (Å²) in [4.78, 5) is 24.3. The maximum absolute atomic E-state index is 12.0. The quantitative estimate of drug-likeness (QED) is 0.852. The summed E-state index contributed by atoms with van der Waals surface area (Å²) in [6, 6.07) is 1.28. The highest BCUT2D eigenvalue weighted by Gasteiger charge is 2.30. The lowest BCUT2D eigenvalue weighted by molar-refractivity contribution is -0.137. The Hall–Kier alpha value is -2.05. The molecule has 1 fully saturated rings. The second-order valence-electron chi connectivity index (χ2n) is 4.68. The summed E-state index contributed by atoms with van der Waals surface area (Å²) in [5.74, 6) is -0.296. The molecule has 1 atom stereocenters. The number of hydrogen-bond donors (Lipinski definition) is 2. The number of hydrogen-bond acceptors (Lipinski definition) is 4. The van der Waals surface area contributed by atoms with E-state index >= 15 is 0 Å². The molecular formula is C12H17N3O4. The zero-order chi connectivity index (χ0) is 13.8. The average molecular weight is 267 g/mol. The van der Waals surface area contributed by atoms with Crippen LogP contribution in [0.25, 0.3) is 0 Å². The Labute approximate surface area is 110 Å². The Morgan fingerprint density at radius 2 is 2.42 bits per heavy atom. The number of aromatic nitrogens is 1. The smallest absolute Gasteiger partial charge is 0.318 e. The highest BCUT2D eigenvalue weighted by molar-refractivity contribution is 5.76. The number of aliphatic carboxylic acids is 1. The van der Waals surface area contributed by atoms with Crippen LogP contribution >= 0.6 is 0 Å². The molecule has 0 saturated carbocycles. The van der Waals surface area contributed by atoms with Crippen molar-refractivity contribution in [1.82, 2.24) is 15.4 Å². The predicted octanol–water partition coefficient (Wildman–Crippen LogP) is 1.13. The molecule has 2 heterocycles. The lowest BCUT2D eigenvalue weighted by atomic mass is 10.1. The molecule has 0 radical (unpaired) electrons. The molecule has 19 heavy (non-hydrogen) atoms. The third kappa shape index (κ3) is 3.46. The molecular weight excluding hydrogens is 250 g/mol. The van der Waals surface area contributed by atoms with E-state index in [0.29, 0.717) is 12.3 Å². The van der Waals surface area contributed by atoms with Crippen molar-refractivity contribution in [3.8, 4) is 0 Å². The van der Waals surface area contributed by atoms with Gasteiger partial charge in [-0.3, -0.25) is 4.79 Å². The number of carboxylic acid groups (broad SMARTS) is 1. The number of carbonyl (C=O) groups excluding carboxylic acids is 1. The largest absolute Gasteiger partial charge is 0.481 e. The van der Waals surface area contributed by atoms with Gasteiger partial charge < -0.3 is 19.8 Å². The number of likely N-dealkylation sites (tertiary alicyclic amines) is 1. The van der Waals surface area contributed by atoms with Crippen LogP contribution in [-0.2, 0) is 11.3 Å². The van der Waals surface area contributed by atoms with E-state index in [0.717, 1.165) is 18.5 Å². The molecule has 2 amide bonds. The summed E-state index contributed by atoms with van der Waals surface area (Å²) in [5, 5.41) is 15.2. The zero-order valence-corrected chi connectivity index (χ0v) is 10.8. The summed E-state index contributed by atoms with van der Waals surface area (Å²) >= 11 is 0. The molecule has 1 saturated heterocycles. The van der Waals surface area contributed by atoms with Crippen LogP contribution in [0.1, 0.15) is 30.7 Å². The van der Waals surface area contributed by atoms with E-state index in [2.05, 4.69) is 10.5 Å². The number of carbonyl (C=O) groups is 2. The molecule has 1 aliphatic rings. The average Bonchev–Trinajstić information content (AvgIpc) is 2.94. The van der Waals surface area contributed by atoms with Crippen LogP contribution in [0.3, 0.4) is 0 Å². The van der Waals surface area contributed by atoms with Crippen LogP contribution in [-0.4, -0.2) is 39.8 Å². The Balaban J connectivity index is 1.86. The van der Waals surface area contributed by atoms with Crippen LogP contribution in [0.15, 0.2) is 10.6 Å². The molecule has 1 unspecified atom stereocenters. The van der Waals surface area contributed by atoms with Gasteiger partial charge in [0.05, 0.1) is 18.7 Å². The fourth-order valence-electron chi connectivity index (χ4n) is 2.28. The molecule has 1 aliphatic heterocycles. The first kappa shape index (κ1) is 13.4. The standard InChI is InChI=1S/C12H17N3O4/c1-8-5-10(19-14-8)7-13-12(18)15-4-2-3-9(15)6-11(16)17/h5,9H,2-4,6-7H2,1H3,(H,13,18)(H,16,17). The highest BCUT2D eigenvalue weighted by Crippen LogP contribution is 2.20. The van der Waals surface area contributed by atoms with E-state index in [-0.39, 0.29) is 25.0 Å². The van der Waals surface area contributed by atoms with Gasteiger partial charge in [0.15, 0.2) is 5.76 Å². The van der Waals surface area contributed by atoms with E-state index in [1.807, 2.05) is 0 Å². The van der Waals surface area contributed by atoms with E-state index in [4.69, 9.17) is 9.63 Å². The third-order valence-corrected chi connectivity index (χ3v) is 3.14. The topological polar surface area (TPSA) is 95.7 Å². The monoisotopic (exact) mass is 267 g/mol. The number of amides is 2. The number of urea groups is 1. The first-order valence-electron chi connectivity index (χ1n) is 6.24. The SMILES string of the molecule is Cc1cc(CNC(=O)N2CCCC2CC(=O)O)on1. The minimum absolute atomic E-state index is 0.00512. The van der Waals surface area contributed by atoms with Crippen molar-refractivity contribution < 1.29 is 19.2 Å². The van der Waals surface area contributed by atoms with Crippen LogP contribution in [0.4, 0.5) is 4.79 Å². The minimum Gasteiger partial charge on any atom is -0.481 e. The summed E-state index contributed by atoms with van der Waals surface area (Å²) < 4.78 is 4.99. The Bertz CT molecular complexity index is 471. The number of aryl methyl sites for hydroxylation is 1. The van der Waals surface area contributed by atoms with Gasteiger partial charge in [-0.05, 0) is 19.8 Å². The Morgan fingerprint density at radius 3 is 3.05 bits per heavy atom. The molecule has 7 heteroatoms. The van der Waals surface area contributed by atoms with Gasteiger partial charge >= 0.3 is 12.0 Å². The van der Waals surface area contributed by atoms with Gasteiger partial charge in [-0.25, -0.2) is 4.79 Å². The summed E-state index contributed by atoms with van der Waals surface area (Å²) in [5.41, 5.74) is 0.758. The van der Waals surface area contributed by atoms with E-state index in [1.54, 1.807) is 17.9 Å². The molecule has 0 spiro atoms. The molecule has 1 aromatic rings. The molecule has 1 aromatic heterocycles. The molecule has 2 rings (SSSR count). The minimum atomic E-state index is -0.879. The lowest BCUT2D eigenvalue weighted by Gasteiger charge is -2.23. The Morgan fingerprint density at radius 1 is 1.63 bits per heavy atom. The normalized spacial score (nSPS) is 18.6. The van der Waals surface area contributed by atoms with Crippen molar-refractivity contribution in [2.24, 2.45) is 0 Å². The molecule has 0 aromatic carbocycles. The lowest BCUT2D eigenvalue weighted by Crippen LogP contribution is -2.43. The second kappa shape index (κ2) is 5.73. The predicted molar refractivity (Wildman–Crippen MR) is 65.5 cm³/mol. The van der Waals surface area contributed by atoms with Crippen LogP contribution < -0.4 is 5.32 Å². The first-order chi connectivity index (χ1) is 9.06. The van der Waals surface area contributed by atoms with Gasteiger partial charge in [-0.1, -0.05) is 5.16 Å². The maximum Gasteiger partial charge on any atom is 0.318 e. The summed E-state index contributed by atoms with van der Waals surface area (Å²) in [6.07, 6.45) is 1.57. The van der Waals surface area contributed by atoms with E-state index in [9.17, 15) is 9.59 Å². The van der Waals surface area contributed by atoms with Gasteiger partial charge in [0.1, 0.15) is 0 Å². The van der Waals surface area contributed by atoms with Gasteiger partial charge in [0.25, 0.3) is 0 Å². The summed E-state index contributed by atoms with van der Waals surface area (Å²) in [7, 11) is 0. The molecule has 2 N–H and O–H groups in total. The molecule has 0 aliphatic carbocycles. The van der Waals surface area contributed by atoms with Gasteiger partial charge in [0, 0.05) is 18.7 Å². The number of nitrogens with zero attached hydrogens (tertiary/aromatic N) is 2. The van der Waals surface area contributed by atoms with Crippen LogP contribution in [0, 0.1) is 6.92 Å². The van der Waals surface area contributed by atoms with Gasteiger partial charge in [0.2, 0.25) is 0 Å². The summed E-state index contributed by atoms with van der Waals surface area (Å²) in [6.45, 7) is 2.66. The van der Waals surface area contributed by atoms with Crippen molar-refractivity contribution in [2.45, 2.75) is 38.8 Å². The van der Waals surface area contributed by atoms with Crippen molar-refractivity contribution >= 4 is 12.0 Å². The Kier molecular flexibility index (Phi) is 4.03. The number of rotatable bonds is 4. The fraction of sp³-hybridized carbons (Fsp3) is 0.583. The fourth-order valence-corrected chi connectivity index (χ4v) is 2.28. The first-order valence-corrected chi connectivity index (χ1v) is 6.24. The van der Waals surface area contributed by atoms with E-state index < -0.39 is 5.97 Å². The van der Waals surface area contributed by atoms with E-state index in [1.165, 1.54) is 0 Å². The van der Waals surface area contributed by atoms with Crippen molar-refractivity contribution in [2.75, 3.05) is 6.54 Å². The van der Waals surface area contributed by atoms with Crippen LogP contribution in [0.2, 0.25) is 0 Å². The molecule has 7 nitrogen and oxygen atoms in total. The maximum atomic E-state index is 12.0. The molecule has 104 valence electrons. The van der Waals surface area contributed by atoms with Gasteiger partial charge in [-0.15, -0.1) is 0 Å². The van der Waals surface area contributed by atoms with Crippen molar-refractivity contribution in [3.63, 3.8) is 0 Å². The van der Waals surface area contributed by atoms with Crippen molar-refractivity contribution in [1.29, 1.82) is 0 Å². The van der Waals surface area contributed by atoms with Crippen LogP contribution in [0.5, 0.6) is 0 Å². The van der Waals surface area contributed by atoms with Crippen molar-refractivity contribution in [3.05, 3.63) is 17.5 Å². The third-order valence-electron chi connectivity index (χ3n) is 3.14. The number of carboxylic acids is 1. The zero-order valence-electron chi connectivity index (χ0n) is 10.8. The molecule has 0 bridgehead atoms. The van der Waals surface area contributed by atoms with Gasteiger partial charge in [-0.2, -0.15) is 0 Å². The number of nitrogens with one attached hydrogen (secondary N) is 1.